The first-order valence-corrected chi connectivity index (χ1v) is 8.36. The topological polar surface area (TPSA) is 60.9 Å². The van der Waals surface area contributed by atoms with Crippen LogP contribution in [-0.4, -0.2) is 56.0 Å². The third-order valence-corrected chi connectivity index (χ3v) is 5.88. The Morgan fingerprint density at radius 2 is 2.19 bits per heavy atom. The van der Waals surface area contributed by atoms with Gasteiger partial charge >= 0.3 is 0 Å². The molecule has 1 aliphatic heterocycles. The van der Waals surface area contributed by atoms with Gasteiger partial charge in [-0.25, -0.2) is 12.8 Å². The quantitative estimate of drug-likeness (QED) is 0.901. The molecule has 21 heavy (non-hydrogen) atoms. The Hall–Kier alpha value is -1.02. The van der Waals surface area contributed by atoms with E-state index in [1.807, 2.05) is 7.05 Å². The molecular weight excluding hydrogens is 295 g/mol. The van der Waals surface area contributed by atoms with Crippen LogP contribution in [0.5, 0.6) is 0 Å². The number of hydrogen-bond donors (Lipinski definition) is 1. The van der Waals surface area contributed by atoms with Gasteiger partial charge in [-0.15, -0.1) is 0 Å². The summed E-state index contributed by atoms with van der Waals surface area (Å²) in [6.07, 6.45) is 1.76. The Kier molecular flexibility index (Phi) is 4.98. The number of piperidine rings is 1. The molecule has 0 amide bonds. The molecule has 1 fully saturated rings. The van der Waals surface area contributed by atoms with E-state index in [0.29, 0.717) is 6.54 Å². The Balaban J connectivity index is 2.28. The lowest BCUT2D eigenvalue weighted by molar-refractivity contribution is 0.187. The number of likely N-dealkylation sites (N-methyl/N-ethyl adjacent to an activating group) is 2. The van der Waals surface area contributed by atoms with Gasteiger partial charge in [0.05, 0.1) is 11.5 Å². The van der Waals surface area contributed by atoms with E-state index in [0.717, 1.165) is 25.5 Å². The zero-order valence-electron chi connectivity index (χ0n) is 12.3. The number of hydrogen-bond acceptors (Lipinski definition) is 4. The first-order chi connectivity index (χ1) is 9.86. The number of halogens is 1. The van der Waals surface area contributed by atoms with Crippen LogP contribution in [0.4, 0.5) is 4.39 Å². The highest BCUT2D eigenvalue weighted by atomic mass is 32.2. The molecule has 0 aromatic heterocycles. The largest absolute Gasteiger partial charge is 0.392 e. The Labute approximate surface area is 125 Å². The van der Waals surface area contributed by atoms with E-state index in [-0.39, 0.29) is 16.5 Å². The molecule has 1 atom stereocenters. The molecule has 7 heteroatoms. The summed E-state index contributed by atoms with van der Waals surface area (Å²) in [6.45, 7) is 1.13. The van der Waals surface area contributed by atoms with Crippen LogP contribution < -0.4 is 0 Å². The SMILES string of the molecule is CN1CCCC(N(C)S(=O)(=O)c2ccc(F)c(CO)c2)C1. The molecule has 1 N–H and O–H groups in total. The van der Waals surface area contributed by atoms with Crippen LogP contribution in [0.3, 0.4) is 0 Å². The van der Waals surface area contributed by atoms with Crippen LogP contribution in [0.1, 0.15) is 18.4 Å². The van der Waals surface area contributed by atoms with Gasteiger partial charge in [0.25, 0.3) is 0 Å². The summed E-state index contributed by atoms with van der Waals surface area (Å²) in [5, 5.41) is 9.08. The summed E-state index contributed by atoms with van der Waals surface area (Å²) in [6, 6.07) is 3.44. The Morgan fingerprint density at radius 3 is 2.81 bits per heavy atom. The van der Waals surface area contributed by atoms with E-state index in [9.17, 15) is 12.8 Å². The summed E-state index contributed by atoms with van der Waals surface area (Å²) in [5.41, 5.74) is -0.00904. The molecule has 5 nitrogen and oxygen atoms in total. The van der Waals surface area contributed by atoms with Gasteiger partial charge in [0, 0.05) is 25.2 Å². The van der Waals surface area contributed by atoms with E-state index >= 15 is 0 Å². The standard InChI is InChI=1S/C14H21FN2O3S/c1-16-7-3-4-12(9-16)17(2)21(19,20)13-5-6-14(15)11(8-13)10-18/h5-6,8,12,18H,3-4,7,9-10H2,1-2H3. The third-order valence-electron chi connectivity index (χ3n) is 3.98. The van der Waals surface area contributed by atoms with Gasteiger partial charge in [0.1, 0.15) is 5.82 Å². The molecule has 1 heterocycles. The predicted molar refractivity (Wildman–Crippen MR) is 77.8 cm³/mol. The van der Waals surface area contributed by atoms with Crippen LogP contribution in [0.25, 0.3) is 0 Å². The smallest absolute Gasteiger partial charge is 0.243 e. The van der Waals surface area contributed by atoms with Crippen molar-refractivity contribution in [1.82, 2.24) is 9.21 Å². The molecule has 1 saturated heterocycles. The van der Waals surface area contributed by atoms with Gasteiger partial charge < -0.3 is 10.0 Å². The predicted octanol–water partition coefficient (Wildman–Crippen LogP) is 1.03. The molecule has 1 aromatic rings. The second-order valence-corrected chi connectivity index (χ2v) is 7.49. The lowest BCUT2D eigenvalue weighted by Gasteiger charge is -2.35. The Morgan fingerprint density at radius 1 is 1.48 bits per heavy atom. The van der Waals surface area contributed by atoms with E-state index in [2.05, 4.69) is 4.90 Å². The van der Waals surface area contributed by atoms with Crippen LogP contribution >= 0.6 is 0 Å². The fourth-order valence-electron chi connectivity index (χ4n) is 2.63. The van der Waals surface area contributed by atoms with Crippen LogP contribution in [0.2, 0.25) is 0 Å². The summed E-state index contributed by atoms with van der Waals surface area (Å²) in [5.74, 6) is -0.600. The molecule has 0 radical (unpaired) electrons. The van der Waals surface area contributed by atoms with Crippen LogP contribution in [0.15, 0.2) is 23.1 Å². The molecular formula is C14H21FN2O3S. The highest BCUT2D eigenvalue weighted by Crippen LogP contribution is 2.23. The molecule has 0 spiro atoms. The monoisotopic (exact) mass is 316 g/mol. The van der Waals surface area contributed by atoms with E-state index in [1.165, 1.54) is 16.4 Å². The first kappa shape index (κ1) is 16.4. The van der Waals surface area contributed by atoms with Crippen LogP contribution in [0, 0.1) is 5.82 Å². The molecule has 0 bridgehead atoms. The molecule has 1 unspecified atom stereocenters. The lowest BCUT2D eigenvalue weighted by atomic mass is 10.1. The average Bonchev–Trinajstić information content (AvgIpc) is 2.46. The maximum Gasteiger partial charge on any atom is 0.243 e. The molecule has 1 aliphatic rings. The van der Waals surface area contributed by atoms with Crippen molar-refractivity contribution in [3.05, 3.63) is 29.6 Å². The van der Waals surface area contributed by atoms with Crippen molar-refractivity contribution in [2.75, 3.05) is 27.2 Å². The van der Waals surface area contributed by atoms with Crippen molar-refractivity contribution in [1.29, 1.82) is 0 Å². The molecule has 0 aliphatic carbocycles. The summed E-state index contributed by atoms with van der Waals surface area (Å²) >= 11 is 0. The van der Waals surface area contributed by atoms with Crippen molar-refractivity contribution in [3.8, 4) is 0 Å². The summed E-state index contributed by atoms with van der Waals surface area (Å²) < 4.78 is 40.0. The number of benzene rings is 1. The fraction of sp³-hybridized carbons (Fsp3) is 0.571. The number of aliphatic hydroxyl groups excluding tert-OH is 1. The van der Waals surface area contributed by atoms with Gasteiger partial charge in [-0.2, -0.15) is 4.31 Å². The number of likely N-dealkylation sites (tertiary alicyclic amines) is 1. The van der Waals surface area contributed by atoms with Gasteiger partial charge in [-0.3, -0.25) is 0 Å². The van der Waals surface area contributed by atoms with Gasteiger partial charge in [0.2, 0.25) is 10.0 Å². The number of aliphatic hydroxyl groups is 1. The number of sulfonamides is 1. The van der Waals surface area contributed by atoms with Gasteiger partial charge in [0.15, 0.2) is 0 Å². The average molecular weight is 316 g/mol. The van der Waals surface area contributed by atoms with Crippen molar-refractivity contribution >= 4 is 10.0 Å². The van der Waals surface area contributed by atoms with E-state index in [1.54, 1.807) is 7.05 Å². The maximum absolute atomic E-state index is 13.4. The van der Waals surface area contributed by atoms with Crippen molar-refractivity contribution in [2.24, 2.45) is 0 Å². The molecule has 1 aromatic carbocycles. The highest BCUT2D eigenvalue weighted by molar-refractivity contribution is 7.89. The van der Waals surface area contributed by atoms with Crippen molar-refractivity contribution in [2.45, 2.75) is 30.4 Å². The second kappa shape index (κ2) is 6.39. The zero-order chi connectivity index (χ0) is 15.6. The first-order valence-electron chi connectivity index (χ1n) is 6.92. The van der Waals surface area contributed by atoms with Gasteiger partial charge in [-0.05, 0) is 44.6 Å². The minimum absolute atomic E-state index is 0.00904. The lowest BCUT2D eigenvalue weighted by Crippen LogP contribution is -2.47. The van der Waals surface area contributed by atoms with Crippen molar-refractivity contribution in [3.63, 3.8) is 0 Å². The minimum Gasteiger partial charge on any atom is -0.392 e. The zero-order valence-corrected chi connectivity index (χ0v) is 13.1. The number of nitrogens with zero attached hydrogens (tertiary/aromatic N) is 2. The highest BCUT2D eigenvalue weighted by Gasteiger charge is 2.30. The summed E-state index contributed by atoms with van der Waals surface area (Å²) in [7, 11) is -0.159. The minimum atomic E-state index is -3.68. The van der Waals surface area contributed by atoms with Crippen molar-refractivity contribution < 1.29 is 17.9 Å². The second-order valence-electron chi connectivity index (χ2n) is 5.49. The Bertz CT molecular complexity index is 606. The molecule has 2 rings (SSSR count). The maximum atomic E-state index is 13.4. The van der Waals surface area contributed by atoms with E-state index < -0.39 is 22.4 Å². The fourth-order valence-corrected chi connectivity index (χ4v) is 4.06. The van der Waals surface area contributed by atoms with Gasteiger partial charge in [-0.1, -0.05) is 0 Å². The summed E-state index contributed by atoms with van der Waals surface area (Å²) in [4.78, 5) is 2.12. The van der Waals surface area contributed by atoms with E-state index in [4.69, 9.17) is 5.11 Å². The van der Waals surface area contributed by atoms with Crippen LogP contribution in [-0.2, 0) is 16.6 Å². The third kappa shape index (κ3) is 3.42. The number of rotatable bonds is 4. The normalized spacial score (nSPS) is 20.9. The molecule has 0 saturated carbocycles. The molecule has 118 valence electrons.